The number of ketones is 1. The van der Waals surface area contributed by atoms with Gasteiger partial charge < -0.3 is 10.3 Å². The van der Waals surface area contributed by atoms with Crippen molar-refractivity contribution in [2.45, 2.75) is 20.4 Å². The van der Waals surface area contributed by atoms with Crippen molar-refractivity contribution in [1.29, 1.82) is 0 Å². The van der Waals surface area contributed by atoms with Gasteiger partial charge in [0.25, 0.3) is 0 Å². The van der Waals surface area contributed by atoms with Gasteiger partial charge in [0, 0.05) is 22.2 Å². The Kier molecular flexibility index (Phi) is 2.71. The van der Waals surface area contributed by atoms with Gasteiger partial charge >= 0.3 is 0 Å². The molecule has 0 atom stereocenters. The molecule has 0 unspecified atom stereocenters. The van der Waals surface area contributed by atoms with Crippen LogP contribution in [-0.2, 0) is 11.3 Å². The van der Waals surface area contributed by atoms with Gasteiger partial charge in [0.15, 0.2) is 5.78 Å². The van der Waals surface area contributed by atoms with Crippen LogP contribution in [0.4, 0.5) is 0 Å². The van der Waals surface area contributed by atoms with Crippen LogP contribution in [0.25, 0.3) is 10.9 Å². The molecule has 1 aromatic carbocycles. The number of rotatable bonds is 3. The Bertz CT molecular complexity index is 611. The van der Waals surface area contributed by atoms with Crippen LogP contribution in [-0.4, -0.2) is 16.3 Å². The third-order valence-corrected chi connectivity index (χ3v) is 2.90. The molecule has 0 saturated carbocycles. The molecule has 2 rings (SSSR count). The molecular weight excluding hydrogens is 216 g/mol. The van der Waals surface area contributed by atoms with E-state index in [0.717, 1.165) is 16.6 Å². The Morgan fingerprint density at radius 1 is 1.29 bits per heavy atom. The van der Waals surface area contributed by atoms with Crippen LogP contribution in [0.5, 0.6) is 0 Å². The first-order chi connectivity index (χ1) is 8.02. The van der Waals surface area contributed by atoms with E-state index in [1.165, 1.54) is 6.92 Å². The molecule has 88 valence electrons. The summed E-state index contributed by atoms with van der Waals surface area (Å²) in [6.07, 6.45) is 0. The van der Waals surface area contributed by atoms with Crippen LogP contribution in [0.1, 0.15) is 23.0 Å². The number of amides is 1. The van der Waals surface area contributed by atoms with Crippen LogP contribution in [0.3, 0.4) is 0 Å². The lowest BCUT2D eigenvalue weighted by molar-refractivity contribution is -0.118. The zero-order valence-corrected chi connectivity index (χ0v) is 9.86. The molecule has 0 radical (unpaired) electrons. The van der Waals surface area contributed by atoms with Crippen molar-refractivity contribution in [3.63, 3.8) is 0 Å². The molecule has 0 fully saturated rings. The number of Topliss-reactive ketones (excluding diaryl/α,β-unsaturated/α-hetero) is 1. The van der Waals surface area contributed by atoms with Crippen LogP contribution in [0, 0.1) is 6.92 Å². The van der Waals surface area contributed by atoms with E-state index < -0.39 is 5.91 Å². The molecule has 4 nitrogen and oxygen atoms in total. The monoisotopic (exact) mass is 230 g/mol. The third-order valence-electron chi connectivity index (χ3n) is 2.90. The predicted octanol–water partition coefficient (Wildman–Crippen LogP) is 1.64. The molecule has 1 aromatic heterocycles. The lowest BCUT2D eigenvalue weighted by Gasteiger charge is -2.04. The Labute approximate surface area is 99.0 Å². The molecule has 0 spiro atoms. The van der Waals surface area contributed by atoms with Gasteiger partial charge in [-0.15, -0.1) is 0 Å². The summed E-state index contributed by atoms with van der Waals surface area (Å²) < 4.78 is 1.79. The average Bonchev–Trinajstić information content (AvgIpc) is 2.52. The van der Waals surface area contributed by atoms with Gasteiger partial charge in [0.1, 0.15) is 6.54 Å². The molecule has 0 aliphatic carbocycles. The Morgan fingerprint density at radius 3 is 2.53 bits per heavy atom. The van der Waals surface area contributed by atoms with E-state index in [1.54, 1.807) is 4.57 Å². The molecule has 2 aromatic rings. The SMILES string of the molecule is CC(=O)c1c(C)n(CC(N)=O)c2ccccc12. The van der Waals surface area contributed by atoms with E-state index in [0.29, 0.717) is 5.56 Å². The third kappa shape index (κ3) is 1.82. The predicted molar refractivity (Wildman–Crippen MR) is 65.9 cm³/mol. The van der Waals surface area contributed by atoms with Gasteiger partial charge in [0.05, 0.1) is 0 Å². The van der Waals surface area contributed by atoms with Crippen molar-refractivity contribution in [3.8, 4) is 0 Å². The van der Waals surface area contributed by atoms with Gasteiger partial charge in [-0.05, 0) is 19.9 Å². The summed E-state index contributed by atoms with van der Waals surface area (Å²) in [4.78, 5) is 22.7. The topological polar surface area (TPSA) is 65.1 Å². The van der Waals surface area contributed by atoms with Gasteiger partial charge in [-0.25, -0.2) is 0 Å². The molecule has 17 heavy (non-hydrogen) atoms. The molecule has 2 N–H and O–H groups in total. The van der Waals surface area contributed by atoms with Crippen molar-refractivity contribution >= 4 is 22.6 Å². The molecular formula is C13H14N2O2. The Balaban J connectivity index is 2.79. The number of carbonyl (C=O) groups excluding carboxylic acids is 2. The van der Waals surface area contributed by atoms with Crippen molar-refractivity contribution in [2.75, 3.05) is 0 Å². The van der Waals surface area contributed by atoms with E-state index in [9.17, 15) is 9.59 Å². The van der Waals surface area contributed by atoms with Gasteiger partial charge in [-0.2, -0.15) is 0 Å². The van der Waals surface area contributed by atoms with Crippen LogP contribution >= 0.6 is 0 Å². The maximum absolute atomic E-state index is 11.6. The van der Waals surface area contributed by atoms with Gasteiger partial charge in [0.2, 0.25) is 5.91 Å². The lowest BCUT2D eigenvalue weighted by Crippen LogP contribution is -2.19. The zero-order chi connectivity index (χ0) is 12.6. The molecule has 0 bridgehead atoms. The highest BCUT2D eigenvalue weighted by Crippen LogP contribution is 2.25. The fourth-order valence-corrected chi connectivity index (χ4v) is 2.23. The summed E-state index contributed by atoms with van der Waals surface area (Å²) in [5, 5.41) is 0.874. The number of primary amides is 1. The fourth-order valence-electron chi connectivity index (χ4n) is 2.23. The summed E-state index contributed by atoms with van der Waals surface area (Å²) in [5.74, 6) is -0.411. The quantitative estimate of drug-likeness (QED) is 0.814. The summed E-state index contributed by atoms with van der Waals surface area (Å²) in [6, 6.07) is 7.53. The second-order valence-electron chi connectivity index (χ2n) is 4.09. The van der Waals surface area contributed by atoms with E-state index >= 15 is 0 Å². The summed E-state index contributed by atoms with van der Waals surface area (Å²) >= 11 is 0. The molecule has 0 aliphatic rings. The zero-order valence-electron chi connectivity index (χ0n) is 9.86. The Morgan fingerprint density at radius 2 is 1.94 bits per heavy atom. The molecule has 0 saturated heterocycles. The number of nitrogens with two attached hydrogens (primary N) is 1. The normalized spacial score (nSPS) is 10.7. The second-order valence-corrected chi connectivity index (χ2v) is 4.09. The highest BCUT2D eigenvalue weighted by atomic mass is 16.1. The Hall–Kier alpha value is -2.10. The molecule has 4 heteroatoms. The first kappa shape index (κ1) is 11.4. The minimum absolute atomic E-state index is 0.00178. The van der Waals surface area contributed by atoms with E-state index in [4.69, 9.17) is 5.73 Å². The number of hydrogen-bond acceptors (Lipinski definition) is 2. The molecule has 1 heterocycles. The number of aromatic nitrogens is 1. The lowest BCUT2D eigenvalue weighted by atomic mass is 10.1. The van der Waals surface area contributed by atoms with Crippen molar-refractivity contribution < 1.29 is 9.59 Å². The number of carbonyl (C=O) groups is 2. The van der Waals surface area contributed by atoms with Crippen LogP contribution < -0.4 is 5.73 Å². The minimum Gasteiger partial charge on any atom is -0.368 e. The minimum atomic E-state index is -0.413. The second kappa shape index (κ2) is 4.05. The number of nitrogens with zero attached hydrogens (tertiary/aromatic N) is 1. The standard InChI is InChI=1S/C13H14N2O2/c1-8-13(9(2)16)10-5-3-4-6-11(10)15(8)7-12(14)17/h3-6H,7H2,1-2H3,(H2,14,17). The number of para-hydroxylation sites is 1. The summed E-state index contributed by atoms with van der Waals surface area (Å²) in [7, 11) is 0. The summed E-state index contributed by atoms with van der Waals surface area (Å²) in [5.41, 5.74) is 7.55. The highest BCUT2D eigenvalue weighted by Gasteiger charge is 2.17. The maximum atomic E-state index is 11.6. The maximum Gasteiger partial charge on any atom is 0.237 e. The molecule has 0 aliphatic heterocycles. The van der Waals surface area contributed by atoms with Gasteiger partial charge in [-0.3, -0.25) is 9.59 Å². The van der Waals surface area contributed by atoms with Gasteiger partial charge in [-0.1, -0.05) is 18.2 Å². The first-order valence-corrected chi connectivity index (χ1v) is 5.39. The number of hydrogen-bond donors (Lipinski definition) is 1. The smallest absolute Gasteiger partial charge is 0.237 e. The first-order valence-electron chi connectivity index (χ1n) is 5.39. The number of fused-ring (bicyclic) bond motifs is 1. The van der Waals surface area contributed by atoms with Crippen molar-refractivity contribution in [2.24, 2.45) is 5.73 Å². The highest BCUT2D eigenvalue weighted by molar-refractivity contribution is 6.08. The largest absolute Gasteiger partial charge is 0.368 e. The molecule has 1 amide bonds. The van der Waals surface area contributed by atoms with E-state index in [1.807, 2.05) is 31.2 Å². The average molecular weight is 230 g/mol. The van der Waals surface area contributed by atoms with E-state index in [-0.39, 0.29) is 12.3 Å². The van der Waals surface area contributed by atoms with Crippen LogP contribution in [0.15, 0.2) is 24.3 Å². The number of benzene rings is 1. The van der Waals surface area contributed by atoms with Crippen LogP contribution in [0.2, 0.25) is 0 Å². The fraction of sp³-hybridized carbons (Fsp3) is 0.231. The van der Waals surface area contributed by atoms with E-state index in [2.05, 4.69) is 0 Å². The van der Waals surface area contributed by atoms with Crippen molar-refractivity contribution in [3.05, 3.63) is 35.5 Å². The van der Waals surface area contributed by atoms with Crippen molar-refractivity contribution in [1.82, 2.24) is 4.57 Å². The summed E-state index contributed by atoms with van der Waals surface area (Å²) in [6.45, 7) is 3.46.